The monoisotopic (exact) mass is 206 g/mol. The van der Waals surface area contributed by atoms with Gasteiger partial charge in [-0.05, 0) is 6.42 Å². The largest absolute Gasteiger partial charge is 0.309 e. The van der Waals surface area contributed by atoms with Gasteiger partial charge in [-0.25, -0.2) is 9.97 Å². The van der Waals surface area contributed by atoms with Gasteiger partial charge in [0, 0.05) is 6.42 Å². The van der Waals surface area contributed by atoms with Gasteiger partial charge in [0.1, 0.15) is 6.33 Å². The summed E-state index contributed by atoms with van der Waals surface area (Å²) in [6.07, 6.45) is 2.59. The molecule has 0 aliphatic rings. The first-order valence-corrected chi connectivity index (χ1v) is 4.62. The number of nitrogens with one attached hydrogen (secondary N) is 2. The summed E-state index contributed by atoms with van der Waals surface area (Å²) in [5.74, 6) is 0.313. The number of aromatic nitrogens is 5. The van der Waals surface area contributed by atoms with Gasteiger partial charge in [0.25, 0.3) is 0 Å². The van der Waals surface area contributed by atoms with Crippen molar-refractivity contribution in [2.24, 2.45) is 0 Å². The first-order valence-electron chi connectivity index (χ1n) is 4.62. The lowest BCUT2D eigenvalue weighted by molar-refractivity contribution is -0.116. The molecule has 0 unspecified atom stereocenters. The molecule has 2 aromatic rings. The third-order valence-corrected chi connectivity index (χ3v) is 1.86. The zero-order valence-electron chi connectivity index (χ0n) is 8.19. The molecule has 7 nitrogen and oxygen atoms in total. The molecule has 0 atom stereocenters. The molecule has 1 amide bonds. The molecule has 0 saturated carbocycles. The van der Waals surface area contributed by atoms with Crippen LogP contribution >= 0.6 is 0 Å². The summed E-state index contributed by atoms with van der Waals surface area (Å²) in [7, 11) is 0. The van der Waals surface area contributed by atoms with Crippen LogP contribution in [0.25, 0.3) is 11.2 Å². The zero-order valence-corrected chi connectivity index (χ0v) is 8.19. The Morgan fingerprint density at radius 2 is 2.33 bits per heavy atom. The minimum atomic E-state index is -0.0829. The second-order valence-electron chi connectivity index (χ2n) is 3.02. The van der Waals surface area contributed by atoms with E-state index in [1.807, 2.05) is 6.92 Å². The van der Waals surface area contributed by atoms with Crippen LogP contribution < -0.4 is 5.32 Å². The minimum Gasteiger partial charge on any atom is -0.309 e. The van der Waals surface area contributed by atoms with Gasteiger partial charge in [-0.2, -0.15) is 10.3 Å². The maximum atomic E-state index is 11.3. The molecule has 7 heteroatoms. The van der Waals surface area contributed by atoms with Gasteiger partial charge < -0.3 is 5.32 Å². The Morgan fingerprint density at radius 1 is 1.47 bits per heavy atom. The number of carbonyl (C=O) groups excluding carboxylic acids is 1. The van der Waals surface area contributed by atoms with Crippen LogP contribution in [0.3, 0.4) is 0 Å². The summed E-state index contributed by atoms with van der Waals surface area (Å²) in [4.78, 5) is 19.2. The van der Waals surface area contributed by atoms with Crippen LogP contribution in [-0.4, -0.2) is 31.3 Å². The predicted molar refractivity (Wildman–Crippen MR) is 53.0 cm³/mol. The van der Waals surface area contributed by atoms with Crippen molar-refractivity contribution < 1.29 is 4.79 Å². The van der Waals surface area contributed by atoms with Crippen molar-refractivity contribution in [3.05, 3.63) is 6.33 Å². The summed E-state index contributed by atoms with van der Waals surface area (Å²) >= 11 is 0. The van der Waals surface area contributed by atoms with Crippen LogP contribution in [0, 0.1) is 0 Å². The van der Waals surface area contributed by atoms with Crippen LogP contribution in [0.2, 0.25) is 0 Å². The van der Waals surface area contributed by atoms with E-state index in [9.17, 15) is 4.79 Å². The van der Waals surface area contributed by atoms with Crippen molar-refractivity contribution in [3.8, 4) is 0 Å². The van der Waals surface area contributed by atoms with E-state index >= 15 is 0 Å². The number of carbonyl (C=O) groups is 1. The highest BCUT2D eigenvalue weighted by atomic mass is 16.1. The summed E-state index contributed by atoms with van der Waals surface area (Å²) < 4.78 is 0. The summed E-state index contributed by atoms with van der Waals surface area (Å²) in [6, 6.07) is 0. The molecule has 0 aromatic carbocycles. The van der Waals surface area contributed by atoms with Crippen molar-refractivity contribution in [1.82, 2.24) is 25.4 Å². The van der Waals surface area contributed by atoms with Crippen LogP contribution in [0.15, 0.2) is 6.33 Å². The molecule has 0 bridgehead atoms. The Balaban J connectivity index is 2.27. The van der Waals surface area contributed by atoms with Gasteiger partial charge in [0.05, 0.1) is 0 Å². The van der Waals surface area contributed by atoms with E-state index in [0.717, 1.165) is 6.42 Å². The first kappa shape index (κ1) is 9.50. The molecule has 2 rings (SSSR count). The van der Waals surface area contributed by atoms with E-state index < -0.39 is 0 Å². The van der Waals surface area contributed by atoms with E-state index in [2.05, 4.69) is 30.7 Å². The number of H-pyrrole nitrogens is 1. The Bertz CT molecular complexity index is 479. The van der Waals surface area contributed by atoms with Crippen LogP contribution in [-0.2, 0) is 4.79 Å². The highest BCUT2D eigenvalue weighted by Crippen LogP contribution is 2.13. The lowest BCUT2D eigenvalue weighted by Gasteiger charge is -2.01. The topological polar surface area (TPSA) is 96.5 Å². The Labute approximate surface area is 85.3 Å². The number of rotatable bonds is 3. The van der Waals surface area contributed by atoms with Crippen molar-refractivity contribution in [2.45, 2.75) is 19.8 Å². The molecule has 2 N–H and O–H groups in total. The summed E-state index contributed by atoms with van der Waals surface area (Å²) in [5, 5.41) is 12.7. The number of hydrogen-bond acceptors (Lipinski definition) is 5. The fourth-order valence-corrected chi connectivity index (χ4v) is 1.19. The molecular formula is C8H10N6O. The number of hydrogen-bond donors (Lipinski definition) is 2. The van der Waals surface area contributed by atoms with Crippen LogP contribution in [0.5, 0.6) is 0 Å². The Morgan fingerprint density at radius 3 is 3.13 bits per heavy atom. The lowest BCUT2D eigenvalue weighted by Crippen LogP contribution is -2.12. The van der Waals surface area contributed by atoms with E-state index in [-0.39, 0.29) is 5.91 Å². The van der Waals surface area contributed by atoms with Crippen LogP contribution in [0.1, 0.15) is 19.8 Å². The molecule has 0 saturated heterocycles. The van der Waals surface area contributed by atoms with Crippen molar-refractivity contribution in [1.29, 1.82) is 0 Å². The standard InChI is InChI=1S/C8H10N6O/c1-2-3-5(15)11-7-6-8(10-4-9-7)13-14-12-6/h4H,2-3H2,1H3,(H2,9,10,11,12,13,14,15). The molecule has 0 radical (unpaired) electrons. The second-order valence-corrected chi connectivity index (χ2v) is 3.02. The normalized spacial score (nSPS) is 10.5. The number of amides is 1. The average Bonchev–Trinajstić information content (AvgIpc) is 2.67. The number of aromatic amines is 1. The van der Waals surface area contributed by atoms with Crippen LogP contribution in [0.4, 0.5) is 5.82 Å². The average molecular weight is 206 g/mol. The molecule has 0 aliphatic heterocycles. The third-order valence-electron chi connectivity index (χ3n) is 1.86. The first-order chi connectivity index (χ1) is 7.31. The molecule has 15 heavy (non-hydrogen) atoms. The third kappa shape index (κ3) is 1.90. The molecule has 0 fully saturated rings. The van der Waals surface area contributed by atoms with Crippen molar-refractivity contribution in [3.63, 3.8) is 0 Å². The van der Waals surface area contributed by atoms with E-state index in [4.69, 9.17) is 0 Å². The van der Waals surface area contributed by atoms with Gasteiger partial charge >= 0.3 is 0 Å². The second kappa shape index (κ2) is 3.99. The number of nitrogens with zero attached hydrogens (tertiary/aromatic N) is 4. The maximum absolute atomic E-state index is 11.3. The highest BCUT2D eigenvalue weighted by Gasteiger charge is 2.09. The molecular weight excluding hydrogens is 196 g/mol. The van der Waals surface area contributed by atoms with E-state index in [1.54, 1.807) is 0 Å². The molecule has 0 spiro atoms. The van der Waals surface area contributed by atoms with Crippen molar-refractivity contribution in [2.75, 3.05) is 5.32 Å². The van der Waals surface area contributed by atoms with E-state index in [1.165, 1.54) is 6.33 Å². The zero-order chi connectivity index (χ0) is 10.7. The van der Waals surface area contributed by atoms with Gasteiger partial charge in [-0.15, -0.1) is 5.10 Å². The predicted octanol–water partition coefficient (Wildman–Crippen LogP) is 0.486. The molecule has 0 aliphatic carbocycles. The van der Waals surface area contributed by atoms with Crippen molar-refractivity contribution >= 4 is 22.9 Å². The molecule has 78 valence electrons. The molecule has 2 heterocycles. The fourth-order valence-electron chi connectivity index (χ4n) is 1.19. The summed E-state index contributed by atoms with van der Waals surface area (Å²) in [5.41, 5.74) is 0.916. The smallest absolute Gasteiger partial charge is 0.225 e. The SMILES string of the molecule is CCCC(=O)Nc1ncnc2n[nH]nc12. The summed E-state index contributed by atoms with van der Waals surface area (Å²) in [6.45, 7) is 1.94. The van der Waals surface area contributed by atoms with E-state index in [0.29, 0.717) is 23.4 Å². The number of fused-ring (bicyclic) bond motifs is 1. The van der Waals surface area contributed by atoms with Gasteiger partial charge in [0.2, 0.25) is 11.6 Å². The Hall–Kier alpha value is -2.05. The van der Waals surface area contributed by atoms with Gasteiger partial charge in [-0.1, -0.05) is 6.92 Å². The van der Waals surface area contributed by atoms with Gasteiger partial charge in [0.15, 0.2) is 11.3 Å². The Kier molecular flexibility index (Phi) is 2.53. The fraction of sp³-hybridized carbons (Fsp3) is 0.375. The quantitative estimate of drug-likeness (QED) is 0.761. The highest BCUT2D eigenvalue weighted by molar-refractivity contribution is 5.96. The van der Waals surface area contributed by atoms with Gasteiger partial charge in [-0.3, -0.25) is 4.79 Å². The lowest BCUT2D eigenvalue weighted by atomic mass is 10.3. The molecule has 2 aromatic heterocycles. The number of anilines is 1. The maximum Gasteiger partial charge on any atom is 0.225 e. The minimum absolute atomic E-state index is 0.0829.